The lowest BCUT2D eigenvalue weighted by Gasteiger charge is -2.19. The van der Waals surface area contributed by atoms with Crippen LogP contribution in [-0.2, 0) is 6.54 Å². The molecule has 1 aliphatic rings. The predicted molar refractivity (Wildman–Crippen MR) is 93.0 cm³/mol. The summed E-state index contributed by atoms with van der Waals surface area (Å²) in [4.78, 5) is 2.56. The van der Waals surface area contributed by atoms with Crippen LogP contribution in [0.2, 0.25) is 0 Å². The Balaban J connectivity index is 1.43. The standard InChI is InChI=1S/C20H26N2/c1-17(19-10-6-3-7-11-19)14-21-20-12-13-22(16-20)15-18-8-4-2-5-9-18/h2-11,17,20-21H,12-16H2,1H3/t17-,20-/m0/s1. The third-order valence-corrected chi connectivity index (χ3v) is 4.60. The van der Waals surface area contributed by atoms with Crippen LogP contribution < -0.4 is 5.32 Å². The maximum absolute atomic E-state index is 3.75. The van der Waals surface area contributed by atoms with E-state index in [4.69, 9.17) is 0 Å². The molecule has 1 heterocycles. The number of benzene rings is 2. The fourth-order valence-electron chi connectivity index (χ4n) is 3.23. The Morgan fingerprint density at radius 3 is 2.45 bits per heavy atom. The second kappa shape index (κ2) is 7.57. The summed E-state index contributed by atoms with van der Waals surface area (Å²) in [5, 5.41) is 3.75. The maximum Gasteiger partial charge on any atom is 0.0234 e. The molecule has 2 atom stereocenters. The lowest BCUT2D eigenvalue weighted by Crippen LogP contribution is -2.34. The van der Waals surface area contributed by atoms with Crippen LogP contribution in [0.1, 0.15) is 30.4 Å². The number of likely N-dealkylation sites (tertiary alicyclic amines) is 1. The molecule has 0 aromatic heterocycles. The fourth-order valence-corrected chi connectivity index (χ4v) is 3.23. The molecule has 0 aliphatic carbocycles. The van der Waals surface area contributed by atoms with Crippen molar-refractivity contribution >= 4 is 0 Å². The molecule has 0 amide bonds. The predicted octanol–water partition coefficient (Wildman–Crippen LogP) is 3.65. The molecule has 0 unspecified atom stereocenters. The van der Waals surface area contributed by atoms with E-state index in [0.717, 1.165) is 19.6 Å². The van der Waals surface area contributed by atoms with Crippen LogP contribution in [0, 0.1) is 0 Å². The van der Waals surface area contributed by atoms with Crippen molar-refractivity contribution in [3.8, 4) is 0 Å². The minimum atomic E-state index is 0.573. The first kappa shape index (κ1) is 15.3. The van der Waals surface area contributed by atoms with Crippen molar-refractivity contribution in [1.29, 1.82) is 0 Å². The van der Waals surface area contributed by atoms with Gasteiger partial charge in [0, 0.05) is 32.2 Å². The molecule has 0 spiro atoms. The minimum absolute atomic E-state index is 0.573. The quantitative estimate of drug-likeness (QED) is 0.875. The SMILES string of the molecule is C[C@@H](CN[C@H]1CCN(Cc2ccccc2)C1)c1ccccc1. The Morgan fingerprint density at radius 2 is 1.73 bits per heavy atom. The monoisotopic (exact) mass is 294 g/mol. The topological polar surface area (TPSA) is 15.3 Å². The van der Waals surface area contributed by atoms with Gasteiger partial charge < -0.3 is 5.32 Å². The molecule has 22 heavy (non-hydrogen) atoms. The molecule has 1 N–H and O–H groups in total. The van der Waals surface area contributed by atoms with Crippen LogP contribution in [0.15, 0.2) is 60.7 Å². The lowest BCUT2D eigenvalue weighted by atomic mass is 10.0. The number of nitrogens with zero attached hydrogens (tertiary/aromatic N) is 1. The fraction of sp³-hybridized carbons (Fsp3) is 0.400. The van der Waals surface area contributed by atoms with E-state index in [1.165, 1.54) is 24.1 Å². The van der Waals surface area contributed by atoms with E-state index < -0.39 is 0 Å². The Hall–Kier alpha value is -1.64. The van der Waals surface area contributed by atoms with Crippen molar-refractivity contribution in [2.24, 2.45) is 0 Å². The second-order valence-corrected chi connectivity index (χ2v) is 6.43. The highest BCUT2D eigenvalue weighted by atomic mass is 15.2. The molecule has 116 valence electrons. The van der Waals surface area contributed by atoms with Crippen LogP contribution in [0.25, 0.3) is 0 Å². The van der Waals surface area contributed by atoms with Gasteiger partial charge in [0.05, 0.1) is 0 Å². The molecule has 0 radical (unpaired) electrons. The van der Waals surface area contributed by atoms with Crippen molar-refractivity contribution in [2.45, 2.75) is 31.8 Å². The van der Waals surface area contributed by atoms with Crippen molar-refractivity contribution < 1.29 is 0 Å². The molecular formula is C20H26N2. The van der Waals surface area contributed by atoms with Gasteiger partial charge in [0.25, 0.3) is 0 Å². The molecule has 0 saturated carbocycles. The molecule has 2 aromatic rings. The van der Waals surface area contributed by atoms with Crippen molar-refractivity contribution in [2.75, 3.05) is 19.6 Å². The van der Waals surface area contributed by atoms with Crippen molar-refractivity contribution in [1.82, 2.24) is 10.2 Å². The first-order chi connectivity index (χ1) is 10.8. The van der Waals surface area contributed by atoms with Gasteiger partial charge in [-0.25, -0.2) is 0 Å². The van der Waals surface area contributed by atoms with Crippen molar-refractivity contribution in [3.05, 3.63) is 71.8 Å². The first-order valence-electron chi connectivity index (χ1n) is 8.36. The van der Waals surface area contributed by atoms with E-state index in [2.05, 4.69) is 77.8 Å². The highest BCUT2D eigenvalue weighted by Crippen LogP contribution is 2.16. The molecule has 1 aliphatic heterocycles. The highest BCUT2D eigenvalue weighted by molar-refractivity contribution is 5.19. The zero-order valence-corrected chi connectivity index (χ0v) is 13.4. The summed E-state index contributed by atoms with van der Waals surface area (Å²) in [6, 6.07) is 22.2. The van der Waals surface area contributed by atoms with Gasteiger partial charge in [0.1, 0.15) is 0 Å². The zero-order chi connectivity index (χ0) is 15.2. The zero-order valence-electron chi connectivity index (χ0n) is 13.4. The number of hydrogen-bond donors (Lipinski definition) is 1. The molecule has 2 heteroatoms. The average Bonchev–Trinajstić information content (AvgIpc) is 3.02. The van der Waals surface area contributed by atoms with Crippen LogP contribution in [0.5, 0.6) is 0 Å². The maximum atomic E-state index is 3.75. The highest BCUT2D eigenvalue weighted by Gasteiger charge is 2.22. The minimum Gasteiger partial charge on any atom is -0.312 e. The largest absolute Gasteiger partial charge is 0.312 e. The second-order valence-electron chi connectivity index (χ2n) is 6.43. The van der Waals surface area contributed by atoms with Gasteiger partial charge in [0.15, 0.2) is 0 Å². The molecule has 2 aromatic carbocycles. The number of nitrogens with one attached hydrogen (secondary N) is 1. The number of rotatable bonds is 6. The van der Waals surface area contributed by atoms with E-state index >= 15 is 0 Å². The van der Waals surface area contributed by atoms with Gasteiger partial charge in [-0.15, -0.1) is 0 Å². The van der Waals surface area contributed by atoms with Gasteiger partial charge in [-0.05, 0) is 23.5 Å². The van der Waals surface area contributed by atoms with Crippen LogP contribution in [-0.4, -0.2) is 30.6 Å². The summed E-state index contributed by atoms with van der Waals surface area (Å²) in [6.07, 6.45) is 1.26. The first-order valence-corrected chi connectivity index (χ1v) is 8.36. The van der Waals surface area contributed by atoms with Gasteiger partial charge in [-0.1, -0.05) is 67.6 Å². The third kappa shape index (κ3) is 4.19. The Kier molecular flexibility index (Phi) is 5.25. The summed E-state index contributed by atoms with van der Waals surface area (Å²) in [5.74, 6) is 0.573. The van der Waals surface area contributed by atoms with Crippen LogP contribution in [0.3, 0.4) is 0 Å². The third-order valence-electron chi connectivity index (χ3n) is 4.60. The van der Waals surface area contributed by atoms with Gasteiger partial charge in [-0.3, -0.25) is 4.90 Å². The van der Waals surface area contributed by atoms with E-state index in [-0.39, 0.29) is 0 Å². The summed E-state index contributed by atoms with van der Waals surface area (Å²) in [5.41, 5.74) is 2.84. The molecular weight excluding hydrogens is 268 g/mol. The van der Waals surface area contributed by atoms with Crippen LogP contribution in [0.4, 0.5) is 0 Å². The average molecular weight is 294 g/mol. The van der Waals surface area contributed by atoms with Gasteiger partial charge in [-0.2, -0.15) is 0 Å². The van der Waals surface area contributed by atoms with Gasteiger partial charge >= 0.3 is 0 Å². The van der Waals surface area contributed by atoms with E-state index in [9.17, 15) is 0 Å². The smallest absolute Gasteiger partial charge is 0.0234 e. The summed E-state index contributed by atoms with van der Waals surface area (Å²) in [7, 11) is 0. The van der Waals surface area contributed by atoms with Crippen LogP contribution >= 0.6 is 0 Å². The molecule has 1 fully saturated rings. The Bertz CT molecular complexity index is 552. The molecule has 1 saturated heterocycles. The van der Waals surface area contributed by atoms with E-state index in [1.807, 2.05) is 0 Å². The number of hydrogen-bond acceptors (Lipinski definition) is 2. The van der Waals surface area contributed by atoms with E-state index in [1.54, 1.807) is 0 Å². The molecule has 3 rings (SSSR count). The normalized spacial score (nSPS) is 20.1. The van der Waals surface area contributed by atoms with Gasteiger partial charge in [0.2, 0.25) is 0 Å². The lowest BCUT2D eigenvalue weighted by molar-refractivity contribution is 0.319. The Labute approximate surface area is 134 Å². The molecule has 0 bridgehead atoms. The summed E-state index contributed by atoms with van der Waals surface area (Å²) >= 11 is 0. The van der Waals surface area contributed by atoms with Crippen molar-refractivity contribution in [3.63, 3.8) is 0 Å². The molecule has 2 nitrogen and oxygen atoms in total. The Morgan fingerprint density at radius 1 is 1.05 bits per heavy atom. The summed E-state index contributed by atoms with van der Waals surface area (Å²) in [6.45, 7) is 6.81. The summed E-state index contributed by atoms with van der Waals surface area (Å²) < 4.78 is 0. The van der Waals surface area contributed by atoms with E-state index in [0.29, 0.717) is 12.0 Å².